The van der Waals surface area contributed by atoms with E-state index in [-0.39, 0.29) is 18.0 Å². The second-order valence-electron chi connectivity index (χ2n) is 4.56. The van der Waals surface area contributed by atoms with E-state index in [1.807, 2.05) is 30.9 Å². The Morgan fingerprint density at radius 3 is 2.72 bits per heavy atom. The highest BCUT2D eigenvalue weighted by Crippen LogP contribution is 2.13. The van der Waals surface area contributed by atoms with Gasteiger partial charge in [0.2, 0.25) is 5.91 Å². The Labute approximate surface area is 107 Å². The molecule has 1 fully saturated rings. The Bertz CT molecular complexity index is 372. The Kier molecular flexibility index (Phi) is 4.38. The average Bonchev–Trinajstić information content (AvgIpc) is 2.92. The van der Waals surface area contributed by atoms with E-state index in [2.05, 4.69) is 5.32 Å². The largest absolute Gasteiger partial charge is 0.468 e. The van der Waals surface area contributed by atoms with Gasteiger partial charge in [0.05, 0.1) is 31.6 Å². The van der Waals surface area contributed by atoms with E-state index in [4.69, 9.17) is 9.15 Å². The zero-order valence-corrected chi connectivity index (χ0v) is 10.9. The molecule has 0 aromatic carbocycles. The van der Waals surface area contributed by atoms with Crippen LogP contribution in [0.2, 0.25) is 0 Å². The quantitative estimate of drug-likeness (QED) is 0.874. The lowest BCUT2D eigenvalue weighted by Gasteiger charge is -2.30. The van der Waals surface area contributed by atoms with Crippen LogP contribution in [0.25, 0.3) is 0 Å². The second-order valence-corrected chi connectivity index (χ2v) is 4.56. The van der Waals surface area contributed by atoms with E-state index in [1.54, 1.807) is 6.26 Å². The maximum Gasteiger partial charge on any atom is 0.239 e. The number of ether oxygens (including phenoxy) is 1. The molecule has 2 heterocycles. The summed E-state index contributed by atoms with van der Waals surface area (Å²) in [5.41, 5.74) is 0. The van der Waals surface area contributed by atoms with Gasteiger partial charge in [0.1, 0.15) is 5.76 Å². The lowest BCUT2D eigenvalue weighted by Crippen LogP contribution is -2.49. The number of hydrogen-bond donors (Lipinski definition) is 1. The molecule has 5 nitrogen and oxygen atoms in total. The number of nitrogens with zero attached hydrogens (tertiary/aromatic N) is 1. The van der Waals surface area contributed by atoms with Crippen LogP contribution in [-0.4, -0.2) is 43.2 Å². The second kappa shape index (κ2) is 6.02. The summed E-state index contributed by atoms with van der Waals surface area (Å²) < 4.78 is 10.6. The summed E-state index contributed by atoms with van der Waals surface area (Å²) in [6.45, 7) is 6.50. The van der Waals surface area contributed by atoms with Gasteiger partial charge in [-0.3, -0.25) is 10.1 Å². The molecule has 1 aromatic rings. The van der Waals surface area contributed by atoms with Gasteiger partial charge in [0.25, 0.3) is 0 Å². The first-order valence-corrected chi connectivity index (χ1v) is 6.34. The van der Waals surface area contributed by atoms with Gasteiger partial charge >= 0.3 is 0 Å². The number of morpholine rings is 1. The molecule has 100 valence electrons. The molecule has 2 atom stereocenters. The van der Waals surface area contributed by atoms with Crippen LogP contribution in [0, 0.1) is 0 Å². The van der Waals surface area contributed by atoms with Crippen LogP contribution >= 0.6 is 0 Å². The summed E-state index contributed by atoms with van der Waals surface area (Å²) in [6, 6.07) is 3.56. The molecule has 2 rings (SSSR count). The Balaban J connectivity index is 1.86. The Hall–Kier alpha value is -1.33. The number of carbonyl (C=O) groups is 1. The van der Waals surface area contributed by atoms with E-state index in [0.29, 0.717) is 26.3 Å². The average molecular weight is 252 g/mol. The Morgan fingerprint density at radius 2 is 2.11 bits per heavy atom. The van der Waals surface area contributed by atoms with Crippen LogP contribution in [0.4, 0.5) is 0 Å². The van der Waals surface area contributed by atoms with Crippen molar-refractivity contribution < 1.29 is 13.9 Å². The summed E-state index contributed by atoms with van der Waals surface area (Å²) >= 11 is 0. The summed E-state index contributed by atoms with van der Waals surface area (Å²) in [7, 11) is 0. The normalized spacial score (nSPS) is 19.6. The van der Waals surface area contributed by atoms with Crippen molar-refractivity contribution in [3.8, 4) is 0 Å². The molecule has 0 radical (unpaired) electrons. The van der Waals surface area contributed by atoms with Crippen LogP contribution in [0.5, 0.6) is 0 Å². The predicted octanol–water partition coefficient (Wildman–Crippen LogP) is 1.18. The predicted molar refractivity (Wildman–Crippen MR) is 67.1 cm³/mol. The Morgan fingerprint density at radius 1 is 1.39 bits per heavy atom. The van der Waals surface area contributed by atoms with Crippen molar-refractivity contribution in [3.05, 3.63) is 24.2 Å². The minimum Gasteiger partial charge on any atom is -0.468 e. The summed E-state index contributed by atoms with van der Waals surface area (Å²) in [5.74, 6) is 0.966. The van der Waals surface area contributed by atoms with E-state index in [0.717, 1.165) is 5.76 Å². The highest BCUT2D eigenvalue weighted by atomic mass is 16.5. The van der Waals surface area contributed by atoms with Crippen molar-refractivity contribution in [1.29, 1.82) is 0 Å². The molecule has 0 aliphatic carbocycles. The molecule has 0 saturated carbocycles. The van der Waals surface area contributed by atoms with Crippen LogP contribution in [0.3, 0.4) is 0 Å². The molecule has 1 saturated heterocycles. The number of furan rings is 1. The maximum absolute atomic E-state index is 12.2. The molecule has 5 heteroatoms. The zero-order chi connectivity index (χ0) is 13.0. The fourth-order valence-electron chi connectivity index (χ4n) is 2.12. The van der Waals surface area contributed by atoms with E-state index in [9.17, 15) is 4.79 Å². The van der Waals surface area contributed by atoms with Crippen molar-refractivity contribution in [3.63, 3.8) is 0 Å². The minimum atomic E-state index is -0.219. The SMILES string of the molecule is CC(NC(C)c1ccco1)C(=O)N1CCOCC1. The lowest BCUT2D eigenvalue weighted by molar-refractivity contribution is -0.137. The van der Waals surface area contributed by atoms with Gasteiger partial charge < -0.3 is 14.1 Å². The molecule has 1 aliphatic heterocycles. The van der Waals surface area contributed by atoms with E-state index < -0.39 is 0 Å². The first-order valence-electron chi connectivity index (χ1n) is 6.34. The number of carbonyl (C=O) groups excluding carboxylic acids is 1. The summed E-state index contributed by atoms with van der Waals surface area (Å²) in [6.07, 6.45) is 1.64. The van der Waals surface area contributed by atoms with Gasteiger partial charge in [-0.15, -0.1) is 0 Å². The van der Waals surface area contributed by atoms with Crippen molar-refractivity contribution >= 4 is 5.91 Å². The van der Waals surface area contributed by atoms with Gasteiger partial charge in [0, 0.05) is 13.1 Å². The molecule has 1 aromatic heterocycles. The molecule has 0 spiro atoms. The van der Waals surface area contributed by atoms with Crippen LogP contribution in [0.1, 0.15) is 25.6 Å². The minimum absolute atomic E-state index is 0.0278. The highest BCUT2D eigenvalue weighted by Gasteiger charge is 2.24. The fourth-order valence-corrected chi connectivity index (χ4v) is 2.12. The third-order valence-electron chi connectivity index (χ3n) is 3.16. The molecule has 1 amide bonds. The number of rotatable bonds is 4. The number of nitrogens with one attached hydrogen (secondary N) is 1. The fraction of sp³-hybridized carbons (Fsp3) is 0.615. The zero-order valence-electron chi connectivity index (χ0n) is 10.9. The van der Waals surface area contributed by atoms with Crippen LogP contribution in [0.15, 0.2) is 22.8 Å². The lowest BCUT2D eigenvalue weighted by atomic mass is 10.2. The first-order chi connectivity index (χ1) is 8.68. The summed E-state index contributed by atoms with van der Waals surface area (Å²) in [4.78, 5) is 14.0. The van der Waals surface area contributed by atoms with Crippen molar-refractivity contribution in [1.82, 2.24) is 10.2 Å². The van der Waals surface area contributed by atoms with Gasteiger partial charge in [-0.05, 0) is 26.0 Å². The van der Waals surface area contributed by atoms with Gasteiger partial charge in [-0.25, -0.2) is 0 Å². The maximum atomic E-state index is 12.2. The van der Waals surface area contributed by atoms with Gasteiger partial charge in [-0.2, -0.15) is 0 Å². The summed E-state index contributed by atoms with van der Waals surface area (Å²) in [5, 5.41) is 3.25. The third kappa shape index (κ3) is 3.11. The van der Waals surface area contributed by atoms with Gasteiger partial charge in [0.15, 0.2) is 0 Å². The molecule has 1 aliphatic rings. The highest BCUT2D eigenvalue weighted by molar-refractivity contribution is 5.81. The third-order valence-corrected chi connectivity index (χ3v) is 3.16. The monoisotopic (exact) mass is 252 g/mol. The van der Waals surface area contributed by atoms with Crippen LogP contribution < -0.4 is 5.32 Å². The van der Waals surface area contributed by atoms with E-state index in [1.165, 1.54) is 0 Å². The molecular weight excluding hydrogens is 232 g/mol. The topological polar surface area (TPSA) is 54.7 Å². The number of hydrogen-bond acceptors (Lipinski definition) is 4. The first kappa shape index (κ1) is 13.1. The molecular formula is C13H20N2O3. The number of amides is 1. The van der Waals surface area contributed by atoms with Crippen molar-refractivity contribution in [2.24, 2.45) is 0 Å². The molecule has 18 heavy (non-hydrogen) atoms. The van der Waals surface area contributed by atoms with Gasteiger partial charge in [-0.1, -0.05) is 0 Å². The molecule has 2 unspecified atom stereocenters. The standard InChI is InChI=1S/C13H20N2O3/c1-10(12-4-3-7-18-12)14-11(2)13(16)15-5-8-17-9-6-15/h3-4,7,10-11,14H,5-6,8-9H2,1-2H3. The molecule has 0 bridgehead atoms. The van der Waals surface area contributed by atoms with E-state index >= 15 is 0 Å². The van der Waals surface area contributed by atoms with Crippen molar-refractivity contribution in [2.75, 3.05) is 26.3 Å². The smallest absolute Gasteiger partial charge is 0.239 e. The van der Waals surface area contributed by atoms with Crippen LogP contribution in [-0.2, 0) is 9.53 Å². The molecule has 1 N–H and O–H groups in total. The van der Waals surface area contributed by atoms with Crippen molar-refractivity contribution in [2.45, 2.75) is 25.9 Å².